The van der Waals surface area contributed by atoms with Crippen LogP contribution in [-0.4, -0.2) is 75.1 Å². The third-order valence-corrected chi connectivity index (χ3v) is 7.03. The van der Waals surface area contributed by atoms with Gasteiger partial charge in [-0.05, 0) is 31.0 Å². The van der Waals surface area contributed by atoms with E-state index in [1.54, 1.807) is 0 Å². The van der Waals surface area contributed by atoms with Gasteiger partial charge in [0.1, 0.15) is 5.75 Å². The Kier molecular flexibility index (Phi) is 7.49. The van der Waals surface area contributed by atoms with Gasteiger partial charge in [0.15, 0.2) is 6.61 Å². The molecule has 13 heteroatoms. The highest BCUT2D eigenvalue weighted by atomic mass is 32.2. The van der Waals surface area contributed by atoms with Crippen LogP contribution in [-0.2, 0) is 14.8 Å². The number of anilines is 1. The fourth-order valence-corrected chi connectivity index (χ4v) is 5.04. The summed E-state index contributed by atoms with van der Waals surface area (Å²) in [5.41, 5.74) is -0.0851. The number of benzene rings is 1. The van der Waals surface area contributed by atoms with Gasteiger partial charge in [0.25, 0.3) is 0 Å². The summed E-state index contributed by atoms with van der Waals surface area (Å²) in [6.07, 6.45) is -1.30. The molecule has 0 atom stereocenters. The lowest BCUT2D eigenvalue weighted by molar-refractivity contribution is -0.153. The molecule has 2 fully saturated rings. The molecule has 0 saturated carbocycles. The van der Waals surface area contributed by atoms with Gasteiger partial charge < -0.3 is 15.4 Å². The topological polar surface area (TPSA) is 108 Å². The Bertz CT molecular complexity index is 947. The standard InChI is InChI=1S/C19H25F3N4O5S/c20-19(21,22)13-31-16-6-5-14(32(29,30)25-8-3-1-2-4-9-25)11-15(16)24-12-17(27)26-10-7-23-18(26)28/h5-6,11,24H,1-4,7-10,12-13H2,(H,23,28). The summed E-state index contributed by atoms with van der Waals surface area (Å²) < 4.78 is 70.2. The molecular weight excluding hydrogens is 453 g/mol. The number of hydrogen-bond acceptors (Lipinski definition) is 6. The van der Waals surface area contributed by atoms with E-state index in [0.29, 0.717) is 19.6 Å². The molecule has 178 valence electrons. The Morgan fingerprint density at radius 1 is 1.12 bits per heavy atom. The number of nitrogens with one attached hydrogen (secondary N) is 2. The van der Waals surface area contributed by atoms with Gasteiger partial charge in [-0.15, -0.1) is 0 Å². The van der Waals surface area contributed by atoms with Crippen molar-refractivity contribution in [2.75, 3.05) is 44.6 Å². The van der Waals surface area contributed by atoms with Gasteiger partial charge in [0, 0.05) is 26.2 Å². The minimum absolute atomic E-state index is 0.0851. The molecule has 2 aliphatic heterocycles. The quantitative estimate of drug-likeness (QED) is 0.622. The zero-order chi connectivity index (χ0) is 23.4. The van der Waals surface area contributed by atoms with Crippen LogP contribution in [0.2, 0.25) is 0 Å². The summed E-state index contributed by atoms with van der Waals surface area (Å²) in [7, 11) is -3.87. The third-order valence-electron chi connectivity index (χ3n) is 5.13. The van der Waals surface area contributed by atoms with Crippen molar-refractivity contribution in [1.29, 1.82) is 0 Å². The first kappa shape index (κ1) is 24.1. The molecule has 2 aliphatic rings. The Labute approximate surface area is 183 Å². The first-order chi connectivity index (χ1) is 15.1. The van der Waals surface area contributed by atoms with Gasteiger partial charge in [0.2, 0.25) is 15.9 Å². The highest BCUT2D eigenvalue weighted by molar-refractivity contribution is 7.89. The Morgan fingerprint density at radius 2 is 1.81 bits per heavy atom. The molecule has 0 spiro atoms. The number of nitrogens with zero attached hydrogens (tertiary/aromatic N) is 2. The Hall–Kier alpha value is -2.54. The zero-order valence-corrected chi connectivity index (χ0v) is 18.1. The highest BCUT2D eigenvalue weighted by Gasteiger charge is 2.31. The summed E-state index contributed by atoms with van der Waals surface area (Å²) in [6.45, 7) is -0.820. The maximum atomic E-state index is 13.1. The second-order valence-corrected chi connectivity index (χ2v) is 9.45. The summed E-state index contributed by atoms with van der Waals surface area (Å²) in [5.74, 6) is -0.863. The lowest BCUT2D eigenvalue weighted by Gasteiger charge is -2.21. The van der Waals surface area contributed by atoms with Crippen LogP contribution in [0, 0.1) is 0 Å². The van der Waals surface area contributed by atoms with Crippen LogP contribution in [0.1, 0.15) is 25.7 Å². The molecule has 0 unspecified atom stereocenters. The Balaban J connectivity index is 1.83. The smallest absolute Gasteiger partial charge is 0.422 e. The molecule has 0 aromatic heterocycles. The van der Waals surface area contributed by atoms with E-state index >= 15 is 0 Å². The van der Waals surface area contributed by atoms with Gasteiger partial charge in [-0.3, -0.25) is 9.69 Å². The number of alkyl halides is 3. The molecule has 32 heavy (non-hydrogen) atoms. The number of carbonyl (C=O) groups excluding carboxylic acids is 2. The van der Waals surface area contributed by atoms with Crippen LogP contribution in [0.4, 0.5) is 23.7 Å². The lowest BCUT2D eigenvalue weighted by Crippen LogP contribution is -2.38. The van der Waals surface area contributed by atoms with Crippen LogP contribution < -0.4 is 15.4 Å². The first-order valence-corrected chi connectivity index (χ1v) is 11.7. The number of halogens is 3. The average Bonchev–Trinajstić information content (AvgIpc) is 2.98. The molecule has 3 rings (SSSR count). The molecule has 0 bridgehead atoms. The van der Waals surface area contributed by atoms with Crippen LogP contribution in [0.3, 0.4) is 0 Å². The first-order valence-electron chi connectivity index (χ1n) is 10.2. The number of carbonyl (C=O) groups is 2. The fourth-order valence-electron chi connectivity index (χ4n) is 3.50. The van der Waals surface area contributed by atoms with Crippen molar-refractivity contribution < 1.29 is 35.9 Å². The number of rotatable bonds is 7. The van der Waals surface area contributed by atoms with E-state index in [-0.39, 0.29) is 22.9 Å². The molecule has 1 aromatic rings. The van der Waals surface area contributed by atoms with Crippen molar-refractivity contribution in [2.24, 2.45) is 0 Å². The van der Waals surface area contributed by atoms with Crippen molar-refractivity contribution in [3.8, 4) is 5.75 Å². The second kappa shape index (κ2) is 9.94. The number of ether oxygens (including phenoxy) is 1. The van der Waals surface area contributed by atoms with E-state index in [9.17, 15) is 31.2 Å². The van der Waals surface area contributed by atoms with E-state index in [2.05, 4.69) is 10.6 Å². The summed E-state index contributed by atoms with van der Waals surface area (Å²) in [6, 6.07) is 2.91. The Morgan fingerprint density at radius 3 is 2.41 bits per heavy atom. The van der Waals surface area contributed by atoms with E-state index in [1.165, 1.54) is 10.4 Å². The van der Waals surface area contributed by atoms with Crippen molar-refractivity contribution in [3.63, 3.8) is 0 Å². The maximum absolute atomic E-state index is 13.1. The van der Waals surface area contributed by atoms with Gasteiger partial charge in [-0.25, -0.2) is 13.2 Å². The summed E-state index contributed by atoms with van der Waals surface area (Å²) in [5, 5.41) is 5.10. The van der Waals surface area contributed by atoms with E-state index in [4.69, 9.17) is 4.74 Å². The fraction of sp³-hybridized carbons (Fsp3) is 0.579. The molecule has 2 saturated heterocycles. The summed E-state index contributed by atoms with van der Waals surface area (Å²) >= 11 is 0. The minimum atomic E-state index is -4.60. The van der Waals surface area contributed by atoms with Crippen molar-refractivity contribution >= 4 is 27.6 Å². The third kappa shape index (κ3) is 6.03. The molecule has 3 amide bonds. The molecule has 1 aromatic carbocycles. The van der Waals surface area contributed by atoms with Gasteiger partial charge in [-0.1, -0.05) is 12.8 Å². The van der Waals surface area contributed by atoms with Crippen molar-refractivity contribution in [1.82, 2.24) is 14.5 Å². The van der Waals surface area contributed by atoms with Crippen LogP contribution in [0.25, 0.3) is 0 Å². The number of urea groups is 1. The molecule has 0 radical (unpaired) electrons. The largest absolute Gasteiger partial charge is 0.482 e. The van der Waals surface area contributed by atoms with Crippen molar-refractivity contribution in [2.45, 2.75) is 36.8 Å². The molecule has 0 aliphatic carbocycles. The molecule has 9 nitrogen and oxygen atoms in total. The SMILES string of the molecule is O=C(CNc1cc(S(=O)(=O)N2CCCCCC2)ccc1OCC(F)(F)F)N1CCNC1=O. The molecular formula is C19H25F3N4O5S. The van der Waals surface area contributed by atoms with Gasteiger partial charge in [0.05, 0.1) is 17.1 Å². The predicted octanol–water partition coefficient (Wildman–Crippen LogP) is 2.16. The zero-order valence-electron chi connectivity index (χ0n) is 17.3. The maximum Gasteiger partial charge on any atom is 0.422 e. The lowest BCUT2D eigenvalue weighted by atomic mass is 10.2. The van der Waals surface area contributed by atoms with Gasteiger partial charge >= 0.3 is 12.2 Å². The average molecular weight is 478 g/mol. The number of hydrogen-bond donors (Lipinski definition) is 2. The summed E-state index contributed by atoms with van der Waals surface area (Å²) in [4.78, 5) is 24.7. The van der Waals surface area contributed by atoms with Gasteiger partial charge in [-0.2, -0.15) is 17.5 Å². The molecule has 2 heterocycles. The van der Waals surface area contributed by atoms with E-state index in [0.717, 1.165) is 42.7 Å². The van der Waals surface area contributed by atoms with E-state index in [1.807, 2.05) is 0 Å². The minimum Gasteiger partial charge on any atom is -0.482 e. The second-order valence-electron chi connectivity index (χ2n) is 7.51. The highest BCUT2D eigenvalue weighted by Crippen LogP contribution is 2.31. The van der Waals surface area contributed by atoms with Crippen LogP contribution in [0.15, 0.2) is 23.1 Å². The number of imide groups is 1. The normalized spacial score (nSPS) is 18.2. The monoisotopic (exact) mass is 478 g/mol. The van der Waals surface area contributed by atoms with Crippen LogP contribution in [0.5, 0.6) is 5.75 Å². The van der Waals surface area contributed by atoms with Crippen molar-refractivity contribution in [3.05, 3.63) is 18.2 Å². The number of amides is 3. The van der Waals surface area contributed by atoms with Crippen LogP contribution >= 0.6 is 0 Å². The van der Waals surface area contributed by atoms with E-state index < -0.39 is 41.3 Å². The molecule has 2 N–H and O–H groups in total. The predicted molar refractivity (Wildman–Crippen MR) is 109 cm³/mol. The number of sulfonamides is 1.